The van der Waals surface area contributed by atoms with E-state index in [0.29, 0.717) is 5.92 Å². The molecule has 0 amide bonds. The van der Waals surface area contributed by atoms with E-state index in [2.05, 4.69) is 13.8 Å². The minimum atomic E-state index is -0.258. The zero-order valence-corrected chi connectivity index (χ0v) is 10.2. The highest BCUT2D eigenvalue weighted by Gasteiger charge is 2.23. The van der Waals surface area contributed by atoms with Gasteiger partial charge in [0.05, 0.1) is 6.10 Å². The molecule has 3 atom stereocenters. The third-order valence-corrected chi connectivity index (χ3v) is 3.04. The molecular formula is C12H27NO. The number of nitrogens with two attached hydrogens (primary N) is 1. The van der Waals surface area contributed by atoms with E-state index in [4.69, 9.17) is 5.73 Å². The zero-order valence-electron chi connectivity index (χ0n) is 10.2. The van der Waals surface area contributed by atoms with Gasteiger partial charge in [-0.05, 0) is 18.3 Å². The Bertz CT molecular complexity index is 136. The summed E-state index contributed by atoms with van der Waals surface area (Å²) in [5, 5.41) is 9.84. The normalized spacial score (nSPS) is 18.2. The molecule has 0 aliphatic heterocycles. The summed E-state index contributed by atoms with van der Waals surface area (Å²) in [6.45, 7) is 8.33. The van der Waals surface area contributed by atoms with Crippen molar-refractivity contribution in [3.63, 3.8) is 0 Å². The Balaban J connectivity index is 3.80. The monoisotopic (exact) mass is 201 g/mol. The van der Waals surface area contributed by atoms with Crippen LogP contribution in [0.1, 0.15) is 53.4 Å². The van der Waals surface area contributed by atoms with E-state index in [1.54, 1.807) is 0 Å². The highest BCUT2D eigenvalue weighted by Crippen LogP contribution is 2.18. The van der Waals surface area contributed by atoms with Crippen LogP contribution in [0.15, 0.2) is 0 Å². The van der Waals surface area contributed by atoms with Gasteiger partial charge in [0.25, 0.3) is 0 Å². The maximum atomic E-state index is 9.84. The van der Waals surface area contributed by atoms with Gasteiger partial charge in [-0.1, -0.05) is 47.0 Å². The summed E-state index contributed by atoms with van der Waals surface area (Å²) in [6, 6.07) is 0.152. The highest BCUT2D eigenvalue weighted by molar-refractivity contribution is 4.77. The maximum absolute atomic E-state index is 9.84. The molecule has 2 heteroatoms. The van der Waals surface area contributed by atoms with Crippen LogP contribution in [0.3, 0.4) is 0 Å². The Morgan fingerprint density at radius 1 is 1.14 bits per heavy atom. The van der Waals surface area contributed by atoms with Crippen molar-refractivity contribution in [1.82, 2.24) is 0 Å². The van der Waals surface area contributed by atoms with Gasteiger partial charge in [-0.15, -0.1) is 0 Å². The summed E-state index contributed by atoms with van der Waals surface area (Å²) in [4.78, 5) is 0. The van der Waals surface area contributed by atoms with Crippen molar-refractivity contribution >= 4 is 0 Å². The predicted molar refractivity (Wildman–Crippen MR) is 62.1 cm³/mol. The first-order chi connectivity index (χ1) is 6.50. The molecule has 0 aromatic carbocycles. The average Bonchev–Trinajstić information content (AvgIpc) is 2.15. The van der Waals surface area contributed by atoms with E-state index in [-0.39, 0.29) is 18.1 Å². The van der Waals surface area contributed by atoms with Crippen LogP contribution in [0.4, 0.5) is 0 Å². The first-order valence-electron chi connectivity index (χ1n) is 5.94. The lowest BCUT2D eigenvalue weighted by Crippen LogP contribution is -2.38. The van der Waals surface area contributed by atoms with Gasteiger partial charge in [-0.3, -0.25) is 0 Å². The van der Waals surface area contributed by atoms with Gasteiger partial charge in [0, 0.05) is 6.04 Å². The second-order valence-electron chi connectivity index (χ2n) is 4.75. The van der Waals surface area contributed by atoms with E-state index in [9.17, 15) is 5.11 Å². The lowest BCUT2D eigenvalue weighted by molar-refractivity contribution is 0.0588. The number of hydrogen-bond acceptors (Lipinski definition) is 2. The molecule has 0 aromatic heterocycles. The molecule has 0 rings (SSSR count). The van der Waals surface area contributed by atoms with Crippen LogP contribution in [0.2, 0.25) is 0 Å². The molecule has 86 valence electrons. The summed E-state index contributed by atoms with van der Waals surface area (Å²) >= 11 is 0. The van der Waals surface area contributed by atoms with Crippen molar-refractivity contribution in [3.8, 4) is 0 Å². The number of aliphatic hydroxyl groups excluding tert-OH is 1. The summed E-state index contributed by atoms with van der Waals surface area (Å²) in [7, 11) is 0. The molecule has 2 nitrogen and oxygen atoms in total. The topological polar surface area (TPSA) is 46.2 Å². The Morgan fingerprint density at radius 2 is 1.71 bits per heavy atom. The molecule has 14 heavy (non-hydrogen) atoms. The molecule has 0 bridgehead atoms. The molecule has 3 N–H and O–H groups in total. The van der Waals surface area contributed by atoms with Crippen LogP contribution in [0, 0.1) is 11.8 Å². The van der Waals surface area contributed by atoms with E-state index in [1.807, 2.05) is 13.8 Å². The summed E-state index contributed by atoms with van der Waals surface area (Å²) < 4.78 is 0. The third kappa shape index (κ3) is 4.97. The first kappa shape index (κ1) is 13.9. The number of rotatable bonds is 7. The van der Waals surface area contributed by atoms with Crippen molar-refractivity contribution in [2.75, 3.05) is 0 Å². The third-order valence-electron chi connectivity index (χ3n) is 3.04. The van der Waals surface area contributed by atoms with Crippen LogP contribution in [0.25, 0.3) is 0 Å². The minimum absolute atomic E-state index is 0.152. The van der Waals surface area contributed by atoms with E-state index < -0.39 is 0 Å². The quantitative estimate of drug-likeness (QED) is 0.622. The smallest absolute Gasteiger partial charge is 0.0603 e. The van der Waals surface area contributed by atoms with Crippen molar-refractivity contribution in [1.29, 1.82) is 0 Å². The molecular weight excluding hydrogens is 174 g/mol. The van der Waals surface area contributed by atoms with Crippen molar-refractivity contribution in [2.45, 2.75) is 65.5 Å². The van der Waals surface area contributed by atoms with Crippen LogP contribution in [-0.4, -0.2) is 17.3 Å². The molecule has 0 spiro atoms. The molecule has 0 saturated carbocycles. The lowest BCUT2D eigenvalue weighted by Gasteiger charge is -2.27. The molecule has 0 radical (unpaired) electrons. The largest absolute Gasteiger partial charge is 0.393 e. The molecule has 0 aliphatic rings. The Kier molecular flexibility index (Phi) is 7.20. The number of aliphatic hydroxyl groups is 1. The van der Waals surface area contributed by atoms with E-state index in [0.717, 1.165) is 6.42 Å². The fraction of sp³-hybridized carbons (Fsp3) is 1.00. The zero-order chi connectivity index (χ0) is 11.1. The summed E-state index contributed by atoms with van der Waals surface area (Å²) in [5.74, 6) is 0.522. The predicted octanol–water partition coefficient (Wildman–Crippen LogP) is 2.55. The van der Waals surface area contributed by atoms with Crippen LogP contribution < -0.4 is 5.73 Å². The molecule has 0 aromatic rings. The molecule has 0 aliphatic carbocycles. The Morgan fingerprint density at radius 3 is 2.14 bits per heavy atom. The standard InChI is InChI=1S/C12H27NO/c1-5-6-7-8-11(13)10(4)12(14)9(2)3/h9-12,14H,5-8,13H2,1-4H3. The van der Waals surface area contributed by atoms with E-state index >= 15 is 0 Å². The molecule has 3 unspecified atom stereocenters. The minimum Gasteiger partial charge on any atom is -0.393 e. The molecule has 0 saturated heterocycles. The van der Waals surface area contributed by atoms with Crippen molar-refractivity contribution in [2.24, 2.45) is 17.6 Å². The number of hydrogen-bond donors (Lipinski definition) is 2. The second-order valence-corrected chi connectivity index (χ2v) is 4.75. The lowest BCUT2D eigenvalue weighted by atomic mass is 9.87. The molecule has 0 heterocycles. The van der Waals surface area contributed by atoms with Gasteiger partial charge >= 0.3 is 0 Å². The fourth-order valence-corrected chi connectivity index (χ4v) is 1.75. The van der Waals surface area contributed by atoms with Crippen molar-refractivity contribution in [3.05, 3.63) is 0 Å². The summed E-state index contributed by atoms with van der Waals surface area (Å²) in [6.07, 6.45) is 4.45. The highest BCUT2D eigenvalue weighted by atomic mass is 16.3. The van der Waals surface area contributed by atoms with Gasteiger partial charge in [-0.2, -0.15) is 0 Å². The summed E-state index contributed by atoms with van der Waals surface area (Å²) in [5.41, 5.74) is 6.04. The molecule has 0 fully saturated rings. The van der Waals surface area contributed by atoms with Crippen LogP contribution >= 0.6 is 0 Å². The van der Waals surface area contributed by atoms with Gasteiger partial charge < -0.3 is 10.8 Å². The second kappa shape index (κ2) is 7.24. The van der Waals surface area contributed by atoms with Crippen molar-refractivity contribution < 1.29 is 5.11 Å². The van der Waals surface area contributed by atoms with Gasteiger partial charge in [0.15, 0.2) is 0 Å². The first-order valence-corrected chi connectivity index (χ1v) is 5.94. The SMILES string of the molecule is CCCCCC(N)C(C)C(O)C(C)C. The van der Waals surface area contributed by atoms with Gasteiger partial charge in [-0.25, -0.2) is 0 Å². The van der Waals surface area contributed by atoms with Crippen LogP contribution in [0.5, 0.6) is 0 Å². The number of unbranched alkanes of at least 4 members (excludes halogenated alkanes) is 2. The average molecular weight is 201 g/mol. The fourth-order valence-electron chi connectivity index (χ4n) is 1.75. The Hall–Kier alpha value is -0.0800. The Labute approximate surface area is 88.9 Å². The van der Waals surface area contributed by atoms with E-state index in [1.165, 1.54) is 19.3 Å². The van der Waals surface area contributed by atoms with Gasteiger partial charge in [0.1, 0.15) is 0 Å². The maximum Gasteiger partial charge on any atom is 0.0603 e. The van der Waals surface area contributed by atoms with Gasteiger partial charge in [0.2, 0.25) is 0 Å². The van der Waals surface area contributed by atoms with Crippen LogP contribution in [-0.2, 0) is 0 Å².